The standard InChI is InChI=1S/C17H32O3/c1-20-17(19)15-13-11-9-7-5-3-2-4-6-8-10-12-14-16-18/h4,6,18H,2-3,5,7-16H2,1H3/b6-4-. The van der Waals surface area contributed by atoms with Crippen LogP contribution in [0.3, 0.4) is 0 Å². The van der Waals surface area contributed by atoms with Gasteiger partial charge in [0.1, 0.15) is 0 Å². The van der Waals surface area contributed by atoms with Crippen LogP contribution in [-0.4, -0.2) is 24.8 Å². The maximum atomic E-state index is 10.9. The van der Waals surface area contributed by atoms with Crippen LogP contribution in [0.15, 0.2) is 12.2 Å². The molecule has 0 aliphatic rings. The van der Waals surface area contributed by atoms with Crippen molar-refractivity contribution in [3.63, 3.8) is 0 Å². The molecule has 0 unspecified atom stereocenters. The second kappa shape index (κ2) is 16.2. The molecule has 3 heteroatoms. The molecule has 0 spiro atoms. The maximum Gasteiger partial charge on any atom is 0.305 e. The van der Waals surface area contributed by atoms with Crippen molar-refractivity contribution in [2.75, 3.05) is 13.7 Å². The van der Waals surface area contributed by atoms with Crippen LogP contribution in [0, 0.1) is 0 Å². The minimum absolute atomic E-state index is 0.0888. The molecule has 0 bridgehead atoms. The predicted molar refractivity (Wildman–Crippen MR) is 83.6 cm³/mol. The normalized spacial score (nSPS) is 11.1. The number of esters is 1. The van der Waals surface area contributed by atoms with Crippen LogP contribution < -0.4 is 0 Å². The molecule has 0 saturated carbocycles. The highest BCUT2D eigenvalue weighted by atomic mass is 16.5. The van der Waals surface area contributed by atoms with E-state index in [-0.39, 0.29) is 5.97 Å². The Labute approximate surface area is 124 Å². The average Bonchev–Trinajstić information content (AvgIpc) is 2.47. The maximum absolute atomic E-state index is 10.9. The SMILES string of the molecule is COC(=O)CCCCCCCC/C=C\CCCCCO. The van der Waals surface area contributed by atoms with Gasteiger partial charge in [0.2, 0.25) is 0 Å². The molecular weight excluding hydrogens is 252 g/mol. The van der Waals surface area contributed by atoms with Crippen molar-refractivity contribution in [2.24, 2.45) is 0 Å². The van der Waals surface area contributed by atoms with Gasteiger partial charge in [-0.2, -0.15) is 0 Å². The lowest BCUT2D eigenvalue weighted by molar-refractivity contribution is -0.140. The van der Waals surface area contributed by atoms with Gasteiger partial charge in [-0.1, -0.05) is 44.3 Å². The van der Waals surface area contributed by atoms with Crippen molar-refractivity contribution in [3.05, 3.63) is 12.2 Å². The number of ether oxygens (including phenoxy) is 1. The number of hydrogen-bond acceptors (Lipinski definition) is 3. The van der Waals surface area contributed by atoms with Crippen molar-refractivity contribution < 1.29 is 14.6 Å². The highest BCUT2D eigenvalue weighted by Crippen LogP contribution is 2.09. The van der Waals surface area contributed by atoms with Gasteiger partial charge >= 0.3 is 5.97 Å². The Balaban J connectivity index is 3.09. The van der Waals surface area contributed by atoms with Gasteiger partial charge in [-0.15, -0.1) is 0 Å². The zero-order chi connectivity index (χ0) is 14.9. The molecule has 0 saturated heterocycles. The van der Waals surface area contributed by atoms with E-state index in [0.717, 1.165) is 32.1 Å². The summed E-state index contributed by atoms with van der Waals surface area (Å²) in [6.07, 6.45) is 17.9. The van der Waals surface area contributed by atoms with Gasteiger partial charge < -0.3 is 9.84 Å². The Morgan fingerprint density at radius 2 is 1.35 bits per heavy atom. The first-order chi connectivity index (χ1) is 9.81. The number of aliphatic hydroxyl groups is 1. The van der Waals surface area contributed by atoms with Crippen LogP contribution in [0.1, 0.15) is 77.0 Å². The summed E-state index contributed by atoms with van der Waals surface area (Å²) >= 11 is 0. The third kappa shape index (κ3) is 15.2. The van der Waals surface area contributed by atoms with Gasteiger partial charge in [-0.3, -0.25) is 4.79 Å². The van der Waals surface area contributed by atoms with Gasteiger partial charge in [0.15, 0.2) is 0 Å². The topological polar surface area (TPSA) is 46.5 Å². The highest BCUT2D eigenvalue weighted by molar-refractivity contribution is 5.68. The fraction of sp³-hybridized carbons (Fsp3) is 0.824. The molecular formula is C17H32O3. The van der Waals surface area contributed by atoms with Gasteiger partial charge in [0.05, 0.1) is 7.11 Å². The van der Waals surface area contributed by atoms with E-state index >= 15 is 0 Å². The Bertz CT molecular complexity index is 236. The van der Waals surface area contributed by atoms with Gasteiger partial charge in [-0.05, 0) is 38.5 Å². The Morgan fingerprint density at radius 3 is 1.90 bits per heavy atom. The number of unbranched alkanes of at least 4 members (excludes halogenated alkanes) is 9. The first-order valence-electron chi connectivity index (χ1n) is 8.14. The molecule has 0 rings (SSSR count). The summed E-state index contributed by atoms with van der Waals surface area (Å²) in [5.74, 6) is -0.0888. The van der Waals surface area contributed by atoms with Crippen molar-refractivity contribution in [3.8, 4) is 0 Å². The molecule has 0 atom stereocenters. The summed E-state index contributed by atoms with van der Waals surface area (Å²) in [5, 5.41) is 8.64. The van der Waals surface area contributed by atoms with Gasteiger partial charge in [0, 0.05) is 13.0 Å². The molecule has 0 aliphatic heterocycles. The molecule has 0 aromatic carbocycles. The lowest BCUT2D eigenvalue weighted by atomic mass is 10.1. The van der Waals surface area contributed by atoms with Crippen LogP contribution in [0.2, 0.25) is 0 Å². The monoisotopic (exact) mass is 284 g/mol. The predicted octanol–water partition coefficient (Wildman–Crippen LogP) is 4.39. The van der Waals surface area contributed by atoms with Crippen molar-refractivity contribution in [1.29, 1.82) is 0 Å². The van der Waals surface area contributed by atoms with Crippen LogP contribution in [-0.2, 0) is 9.53 Å². The molecule has 0 fully saturated rings. The van der Waals surface area contributed by atoms with E-state index in [1.807, 2.05) is 0 Å². The molecule has 0 aliphatic carbocycles. The van der Waals surface area contributed by atoms with Crippen molar-refractivity contribution in [1.82, 2.24) is 0 Å². The van der Waals surface area contributed by atoms with Gasteiger partial charge in [0.25, 0.3) is 0 Å². The summed E-state index contributed by atoms with van der Waals surface area (Å²) in [6.45, 7) is 0.323. The molecule has 1 N–H and O–H groups in total. The van der Waals surface area contributed by atoms with Crippen LogP contribution in [0.5, 0.6) is 0 Å². The zero-order valence-corrected chi connectivity index (χ0v) is 13.1. The first kappa shape index (κ1) is 19.2. The Morgan fingerprint density at radius 1 is 0.850 bits per heavy atom. The number of rotatable bonds is 14. The van der Waals surface area contributed by atoms with E-state index in [0.29, 0.717) is 13.0 Å². The molecule has 0 aromatic rings. The third-order valence-electron chi connectivity index (χ3n) is 3.42. The molecule has 0 aromatic heterocycles. The summed E-state index contributed by atoms with van der Waals surface area (Å²) in [5.41, 5.74) is 0. The summed E-state index contributed by atoms with van der Waals surface area (Å²) in [7, 11) is 1.45. The fourth-order valence-corrected chi connectivity index (χ4v) is 2.13. The van der Waals surface area contributed by atoms with Crippen LogP contribution in [0.25, 0.3) is 0 Å². The van der Waals surface area contributed by atoms with E-state index in [2.05, 4.69) is 16.9 Å². The summed E-state index contributed by atoms with van der Waals surface area (Å²) in [4.78, 5) is 10.9. The van der Waals surface area contributed by atoms with E-state index < -0.39 is 0 Å². The Hall–Kier alpha value is -0.830. The molecule has 0 amide bonds. The van der Waals surface area contributed by atoms with Crippen LogP contribution >= 0.6 is 0 Å². The van der Waals surface area contributed by atoms with E-state index in [9.17, 15) is 4.79 Å². The zero-order valence-electron chi connectivity index (χ0n) is 13.1. The number of methoxy groups -OCH3 is 1. The quantitative estimate of drug-likeness (QED) is 0.292. The second-order valence-corrected chi connectivity index (χ2v) is 5.28. The number of hydrogen-bond donors (Lipinski definition) is 1. The van der Waals surface area contributed by atoms with E-state index in [1.54, 1.807) is 0 Å². The highest BCUT2D eigenvalue weighted by Gasteiger charge is 1.98. The molecule has 0 radical (unpaired) electrons. The fourth-order valence-electron chi connectivity index (χ4n) is 2.13. The number of carbonyl (C=O) groups is 1. The minimum Gasteiger partial charge on any atom is -0.469 e. The smallest absolute Gasteiger partial charge is 0.305 e. The van der Waals surface area contributed by atoms with Gasteiger partial charge in [-0.25, -0.2) is 0 Å². The number of allylic oxidation sites excluding steroid dienone is 2. The second-order valence-electron chi connectivity index (χ2n) is 5.28. The summed E-state index contributed by atoms with van der Waals surface area (Å²) in [6, 6.07) is 0. The first-order valence-corrected chi connectivity index (χ1v) is 8.14. The van der Waals surface area contributed by atoms with E-state index in [4.69, 9.17) is 5.11 Å². The molecule has 0 heterocycles. The largest absolute Gasteiger partial charge is 0.469 e. The van der Waals surface area contributed by atoms with Crippen molar-refractivity contribution >= 4 is 5.97 Å². The number of aliphatic hydroxyl groups excluding tert-OH is 1. The lowest BCUT2D eigenvalue weighted by Gasteiger charge is -2.00. The summed E-state index contributed by atoms with van der Waals surface area (Å²) < 4.78 is 4.60. The molecule has 20 heavy (non-hydrogen) atoms. The lowest BCUT2D eigenvalue weighted by Crippen LogP contribution is -1.99. The number of carbonyl (C=O) groups excluding carboxylic acids is 1. The van der Waals surface area contributed by atoms with Crippen LogP contribution in [0.4, 0.5) is 0 Å². The van der Waals surface area contributed by atoms with Crippen molar-refractivity contribution in [2.45, 2.75) is 77.0 Å². The Kier molecular flexibility index (Phi) is 15.6. The van der Waals surface area contributed by atoms with E-state index in [1.165, 1.54) is 45.6 Å². The molecule has 3 nitrogen and oxygen atoms in total. The average molecular weight is 284 g/mol. The molecule has 118 valence electrons. The minimum atomic E-state index is -0.0888. The third-order valence-corrected chi connectivity index (χ3v) is 3.42.